The van der Waals surface area contributed by atoms with Crippen LogP contribution in [-0.4, -0.2) is 28.3 Å². The molecule has 0 aromatic rings. The fourth-order valence-electron chi connectivity index (χ4n) is 1.89. The Bertz CT molecular complexity index is 212. The van der Waals surface area contributed by atoms with Gasteiger partial charge in [0.15, 0.2) is 0 Å². The molecule has 4 heteroatoms. The van der Waals surface area contributed by atoms with E-state index in [-0.39, 0.29) is 5.54 Å². The van der Waals surface area contributed by atoms with Gasteiger partial charge in [-0.05, 0) is 20.3 Å². The molecule has 0 fully saturated rings. The van der Waals surface area contributed by atoms with E-state index in [0.717, 1.165) is 0 Å². The standard InChI is InChI=1S/C14H31N.C2H4O3/c1-4-5-6-7-8-9-10-11-12-13-14(2,3)15;3-1-2(4)5/h4-13,15H2,1-3H3;3H,1H2,(H,4,5). The Labute approximate surface area is 124 Å². The second kappa shape index (κ2) is 14.8. The number of carboxylic acid groups (broad SMARTS) is 1. The summed E-state index contributed by atoms with van der Waals surface area (Å²) < 4.78 is 0. The van der Waals surface area contributed by atoms with Crippen LogP contribution in [-0.2, 0) is 4.79 Å². The monoisotopic (exact) mass is 289 g/mol. The second-order valence-electron chi connectivity index (χ2n) is 6.12. The molecule has 0 spiro atoms. The van der Waals surface area contributed by atoms with Gasteiger partial charge in [-0.3, -0.25) is 0 Å². The zero-order chi connectivity index (χ0) is 15.9. The van der Waals surface area contributed by atoms with Crippen molar-refractivity contribution in [2.45, 2.75) is 90.5 Å². The number of rotatable bonds is 11. The third-order valence-electron chi connectivity index (χ3n) is 3.06. The molecule has 0 aromatic heterocycles. The lowest BCUT2D eigenvalue weighted by Gasteiger charge is -2.17. The summed E-state index contributed by atoms with van der Waals surface area (Å²) in [6, 6.07) is 0. The van der Waals surface area contributed by atoms with E-state index in [2.05, 4.69) is 20.8 Å². The summed E-state index contributed by atoms with van der Waals surface area (Å²) in [5.74, 6) is -1.19. The summed E-state index contributed by atoms with van der Waals surface area (Å²) in [6.07, 6.45) is 13.8. The average molecular weight is 289 g/mol. The number of aliphatic hydroxyl groups is 1. The van der Waals surface area contributed by atoms with Crippen molar-refractivity contribution in [2.75, 3.05) is 6.61 Å². The molecule has 20 heavy (non-hydrogen) atoms. The minimum Gasteiger partial charge on any atom is -0.480 e. The molecule has 0 unspecified atom stereocenters. The van der Waals surface area contributed by atoms with Gasteiger partial charge in [0.2, 0.25) is 0 Å². The zero-order valence-corrected chi connectivity index (χ0v) is 13.7. The SMILES string of the molecule is CCCCCCCCCCCC(C)(C)N.O=C(O)CO. The first-order valence-corrected chi connectivity index (χ1v) is 7.95. The third-order valence-corrected chi connectivity index (χ3v) is 3.06. The molecule has 0 saturated carbocycles. The van der Waals surface area contributed by atoms with E-state index in [0.29, 0.717) is 0 Å². The molecule has 4 nitrogen and oxygen atoms in total. The highest BCUT2D eigenvalue weighted by Crippen LogP contribution is 2.13. The van der Waals surface area contributed by atoms with E-state index < -0.39 is 12.6 Å². The summed E-state index contributed by atoms with van der Waals surface area (Å²) in [5, 5.41) is 15.0. The van der Waals surface area contributed by atoms with Crippen molar-refractivity contribution in [1.82, 2.24) is 0 Å². The normalized spacial score (nSPS) is 10.8. The maximum Gasteiger partial charge on any atom is 0.329 e. The summed E-state index contributed by atoms with van der Waals surface area (Å²) in [7, 11) is 0. The Morgan fingerprint density at radius 3 is 1.60 bits per heavy atom. The van der Waals surface area contributed by atoms with Crippen LogP contribution in [0.1, 0.15) is 85.0 Å². The zero-order valence-electron chi connectivity index (χ0n) is 13.7. The fourth-order valence-corrected chi connectivity index (χ4v) is 1.89. The minimum absolute atomic E-state index is 0.0428. The molecular formula is C16H35NO3. The topological polar surface area (TPSA) is 83.6 Å². The number of carboxylic acids is 1. The molecule has 0 amide bonds. The molecule has 0 radical (unpaired) electrons. The first kappa shape index (κ1) is 21.7. The van der Waals surface area contributed by atoms with E-state index in [1.165, 1.54) is 64.2 Å². The van der Waals surface area contributed by atoms with Crippen LogP contribution in [0, 0.1) is 0 Å². The van der Waals surface area contributed by atoms with E-state index in [1.807, 2.05) is 0 Å². The van der Waals surface area contributed by atoms with Crippen LogP contribution in [0.4, 0.5) is 0 Å². The van der Waals surface area contributed by atoms with Crippen molar-refractivity contribution >= 4 is 5.97 Å². The van der Waals surface area contributed by atoms with Gasteiger partial charge in [0.25, 0.3) is 0 Å². The maximum atomic E-state index is 9.12. The van der Waals surface area contributed by atoms with Gasteiger partial charge in [0.05, 0.1) is 0 Å². The Morgan fingerprint density at radius 2 is 1.30 bits per heavy atom. The van der Waals surface area contributed by atoms with Crippen molar-refractivity contribution in [1.29, 1.82) is 0 Å². The molecule has 0 heterocycles. The van der Waals surface area contributed by atoms with Gasteiger partial charge in [-0.2, -0.15) is 0 Å². The van der Waals surface area contributed by atoms with E-state index >= 15 is 0 Å². The van der Waals surface area contributed by atoms with E-state index in [9.17, 15) is 0 Å². The number of unbranched alkanes of at least 4 members (excludes halogenated alkanes) is 8. The molecule has 0 atom stereocenters. The Kier molecular flexibility index (Phi) is 16.0. The van der Waals surface area contributed by atoms with Crippen LogP contribution in [0.5, 0.6) is 0 Å². The number of nitrogens with two attached hydrogens (primary N) is 1. The highest BCUT2D eigenvalue weighted by molar-refractivity contribution is 5.67. The molecular weight excluding hydrogens is 254 g/mol. The summed E-state index contributed by atoms with van der Waals surface area (Å²) >= 11 is 0. The molecule has 4 N–H and O–H groups in total. The molecule has 0 rings (SSSR count). The Morgan fingerprint density at radius 1 is 0.950 bits per heavy atom. The van der Waals surface area contributed by atoms with Crippen molar-refractivity contribution in [3.8, 4) is 0 Å². The van der Waals surface area contributed by atoms with Gasteiger partial charge in [-0.1, -0.05) is 64.7 Å². The van der Waals surface area contributed by atoms with Gasteiger partial charge >= 0.3 is 5.97 Å². The Hall–Kier alpha value is -0.610. The average Bonchev–Trinajstić information content (AvgIpc) is 2.36. The van der Waals surface area contributed by atoms with Crippen molar-refractivity contribution < 1.29 is 15.0 Å². The largest absolute Gasteiger partial charge is 0.480 e. The van der Waals surface area contributed by atoms with Crippen LogP contribution in [0.15, 0.2) is 0 Å². The predicted molar refractivity (Wildman–Crippen MR) is 84.8 cm³/mol. The first-order valence-electron chi connectivity index (χ1n) is 7.95. The number of aliphatic hydroxyl groups excluding tert-OH is 1. The molecule has 0 saturated heterocycles. The number of carbonyl (C=O) groups is 1. The van der Waals surface area contributed by atoms with Gasteiger partial charge < -0.3 is 15.9 Å². The molecule has 0 aliphatic rings. The van der Waals surface area contributed by atoms with Crippen LogP contribution in [0.3, 0.4) is 0 Å². The minimum atomic E-state index is -1.19. The molecule has 122 valence electrons. The van der Waals surface area contributed by atoms with Crippen molar-refractivity contribution in [2.24, 2.45) is 5.73 Å². The second-order valence-corrected chi connectivity index (χ2v) is 6.12. The third kappa shape index (κ3) is 26.1. The van der Waals surface area contributed by atoms with Gasteiger partial charge in [0, 0.05) is 5.54 Å². The van der Waals surface area contributed by atoms with Gasteiger partial charge in [-0.15, -0.1) is 0 Å². The quantitative estimate of drug-likeness (QED) is 0.506. The van der Waals surface area contributed by atoms with Crippen LogP contribution in [0.25, 0.3) is 0 Å². The summed E-state index contributed by atoms with van der Waals surface area (Å²) in [5.41, 5.74) is 5.97. The van der Waals surface area contributed by atoms with Crippen molar-refractivity contribution in [3.05, 3.63) is 0 Å². The predicted octanol–water partition coefficient (Wildman–Crippen LogP) is 3.71. The fraction of sp³-hybridized carbons (Fsp3) is 0.938. The number of aliphatic carboxylic acids is 1. The van der Waals surface area contributed by atoms with Crippen LogP contribution >= 0.6 is 0 Å². The first-order chi connectivity index (χ1) is 9.33. The lowest BCUT2D eigenvalue weighted by Crippen LogP contribution is -2.31. The number of hydrogen-bond donors (Lipinski definition) is 3. The van der Waals surface area contributed by atoms with Crippen LogP contribution < -0.4 is 5.73 Å². The van der Waals surface area contributed by atoms with Gasteiger partial charge in [-0.25, -0.2) is 4.79 Å². The molecule has 0 aromatic carbocycles. The summed E-state index contributed by atoms with van der Waals surface area (Å²) in [4.78, 5) is 9.12. The smallest absolute Gasteiger partial charge is 0.329 e. The number of hydrogen-bond acceptors (Lipinski definition) is 3. The van der Waals surface area contributed by atoms with E-state index in [1.54, 1.807) is 0 Å². The Balaban J connectivity index is 0. The lowest BCUT2D eigenvalue weighted by atomic mass is 9.97. The highest BCUT2D eigenvalue weighted by atomic mass is 16.4. The maximum absolute atomic E-state index is 9.12. The molecule has 0 bridgehead atoms. The van der Waals surface area contributed by atoms with Crippen LogP contribution in [0.2, 0.25) is 0 Å². The van der Waals surface area contributed by atoms with Crippen molar-refractivity contribution in [3.63, 3.8) is 0 Å². The highest BCUT2D eigenvalue weighted by Gasteiger charge is 2.08. The van der Waals surface area contributed by atoms with E-state index in [4.69, 9.17) is 20.7 Å². The summed E-state index contributed by atoms with van der Waals surface area (Å²) in [6.45, 7) is 5.74. The molecule has 0 aliphatic carbocycles. The molecule has 0 aliphatic heterocycles. The lowest BCUT2D eigenvalue weighted by molar-refractivity contribution is -0.140. The van der Waals surface area contributed by atoms with Gasteiger partial charge in [0.1, 0.15) is 6.61 Å².